The van der Waals surface area contributed by atoms with Crippen LogP contribution in [0, 0.1) is 0 Å². The molecule has 3 heterocycles. The summed E-state index contributed by atoms with van der Waals surface area (Å²) in [5.41, 5.74) is 0.889. The molecule has 0 aliphatic carbocycles. The highest BCUT2D eigenvalue weighted by atomic mass is 35.5. The maximum Gasteiger partial charge on any atom is 0.472 e. The van der Waals surface area contributed by atoms with E-state index < -0.39 is 26.3 Å². The smallest absolute Gasteiger partial charge is 0.390 e. The predicted octanol–water partition coefficient (Wildman–Crippen LogP) is 0.891. The molecule has 1 aliphatic rings. The van der Waals surface area contributed by atoms with Crippen LogP contribution in [-0.4, -0.2) is 55.4 Å². The van der Waals surface area contributed by atoms with E-state index in [9.17, 15) is 14.6 Å². The fourth-order valence-electron chi connectivity index (χ4n) is 2.29. The van der Waals surface area contributed by atoms with Gasteiger partial charge in [-0.2, -0.15) is 0 Å². The molecule has 1 unspecified atom stereocenters. The highest BCUT2D eigenvalue weighted by Gasteiger charge is 2.37. The summed E-state index contributed by atoms with van der Waals surface area (Å²) in [6.45, 7) is -0.290. The van der Waals surface area contributed by atoms with Gasteiger partial charge in [0, 0.05) is 13.5 Å². The topological polar surface area (TPSA) is 129 Å². The van der Waals surface area contributed by atoms with Crippen LogP contribution in [0.1, 0.15) is 12.6 Å². The molecule has 0 radical (unpaired) electrons. The number of phosphoric ester groups is 1. The SMILES string of the molecule is COP(=O)(O)OC[C@H]1O[C@@H](n2cnc3c(Cl)ncnc32)C[C@H]1O. The van der Waals surface area contributed by atoms with Crippen molar-refractivity contribution in [2.24, 2.45) is 0 Å². The Bertz CT molecular complexity index is 757. The minimum Gasteiger partial charge on any atom is -0.390 e. The number of aliphatic hydroxyl groups is 1. The third kappa shape index (κ3) is 3.38. The second-order valence-electron chi connectivity index (χ2n) is 4.87. The van der Waals surface area contributed by atoms with E-state index in [0.717, 1.165) is 7.11 Å². The van der Waals surface area contributed by atoms with Gasteiger partial charge in [-0.15, -0.1) is 0 Å². The van der Waals surface area contributed by atoms with Gasteiger partial charge in [-0.25, -0.2) is 19.5 Å². The Balaban J connectivity index is 1.75. The number of phosphoric acid groups is 1. The van der Waals surface area contributed by atoms with Crippen LogP contribution in [0.4, 0.5) is 0 Å². The van der Waals surface area contributed by atoms with Crippen LogP contribution in [0.15, 0.2) is 12.7 Å². The summed E-state index contributed by atoms with van der Waals surface area (Å²) in [6.07, 6.45) is 0.796. The van der Waals surface area contributed by atoms with E-state index in [0.29, 0.717) is 11.2 Å². The van der Waals surface area contributed by atoms with Crippen LogP contribution in [0.3, 0.4) is 0 Å². The second-order valence-corrected chi connectivity index (χ2v) is 6.79. The summed E-state index contributed by atoms with van der Waals surface area (Å²) < 4.78 is 27.6. The van der Waals surface area contributed by atoms with E-state index in [2.05, 4.69) is 19.5 Å². The molecule has 4 atom stereocenters. The molecule has 2 N–H and O–H groups in total. The van der Waals surface area contributed by atoms with E-state index in [1.807, 2.05) is 0 Å². The van der Waals surface area contributed by atoms with Crippen molar-refractivity contribution in [3.63, 3.8) is 0 Å². The molecule has 1 fully saturated rings. The van der Waals surface area contributed by atoms with Gasteiger partial charge in [-0.1, -0.05) is 11.6 Å². The van der Waals surface area contributed by atoms with E-state index >= 15 is 0 Å². The number of hydrogen-bond donors (Lipinski definition) is 2. The van der Waals surface area contributed by atoms with Crippen LogP contribution >= 0.6 is 19.4 Å². The lowest BCUT2D eigenvalue weighted by atomic mass is 10.2. The van der Waals surface area contributed by atoms with Gasteiger partial charge in [0.15, 0.2) is 10.8 Å². The molecular weight excluding hydrogens is 351 g/mol. The fraction of sp³-hybridized carbons (Fsp3) is 0.545. The van der Waals surface area contributed by atoms with Crippen molar-refractivity contribution in [1.29, 1.82) is 0 Å². The average molecular weight is 365 g/mol. The Kier molecular flexibility index (Phi) is 4.65. The number of aromatic nitrogens is 4. The number of hydrogen-bond acceptors (Lipinski definition) is 8. The molecule has 126 valence electrons. The first-order valence-electron chi connectivity index (χ1n) is 6.61. The van der Waals surface area contributed by atoms with Gasteiger partial charge in [0.25, 0.3) is 0 Å². The first-order valence-corrected chi connectivity index (χ1v) is 8.48. The van der Waals surface area contributed by atoms with Crippen LogP contribution in [0.5, 0.6) is 0 Å². The van der Waals surface area contributed by atoms with Crippen LogP contribution < -0.4 is 0 Å². The third-order valence-corrected chi connectivity index (χ3v) is 4.67. The molecule has 1 saturated heterocycles. The number of rotatable bonds is 5. The Hall–Kier alpha value is -1.13. The minimum absolute atomic E-state index is 0.216. The molecule has 0 bridgehead atoms. The maximum absolute atomic E-state index is 11.3. The van der Waals surface area contributed by atoms with E-state index in [1.165, 1.54) is 12.7 Å². The minimum atomic E-state index is -4.13. The van der Waals surface area contributed by atoms with E-state index in [-0.39, 0.29) is 18.2 Å². The van der Waals surface area contributed by atoms with Crippen molar-refractivity contribution in [1.82, 2.24) is 19.5 Å². The molecule has 0 saturated carbocycles. The largest absolute Gasteiger partial charge is 0.472 e. The zero-order valence-corrected chi connectivity index (χ0v) is 13.6. The standard InChI is InChI=1S/C11H14ClN4O6P/c1-20-23(18,19)21-3-7-6(17)2-8(22-7)16-5-15-9-10(12)13-4-14-11(9)16/h4-8,17H,2-3H2,1H3,(H,18,19)/t6-,7-,8-/m1/s1. The van der Waals surface area contributed by atoms with Crippen LogP contribution in [0.25, 0.3) is 11.2 Å². The van der Waals surface area contributed by atoms with Crippen molar-refractivity contribution in [2.45, 2.75) is 24.9 Å². The number of aliphatic hydroxyl groups excluding tert-OH is 1. The van der Waals surface area contributed by atoms with Crippen molar-refractivity contribution >= 4 is 30.6 Å². The van der Waals surface area contributed by atoms with Crippen molar-refractivity contribution in [3.05, 3.63) is 17.8 Å². The lowest BCUT2D eigenvalue weighted by Gasteiger charge is -2.17. The molecule has 0 aromatic carbocycles. The average Bonchev–Trinajstić information content (AvgIpc) is 3.10. The Morgan fingerprint density at radius 1 is 1.52 bits per heavy atom. The zero-order chi connectivity index (χ0) is 16.6. The van der Waals surface area contributed by atoms with Crippen molar-refractivity contribution < 1.29 is 28.3 Å². The zero-order valence-electron chi connectivity index (χ0n) is 11.9. The normalized spacial score (nSPS) is 27.4. The number of fused-ring (bicyclic) bond motifs is 1. The molecule has 12 heteroatoms. The summed E-state index contributed by atoms with van der Waals surface area (Å²) in [6, 6.07) is 0. The molecule has 2 aromatic rings. The van der Waals surface area contributed by atoms with Crippen LogP contribution in [-0.2, 0) is 18.3 Å². The monoisotopic (exact) mass is 364 g/mol. The number of nitrogens with zero attached hydrogens (tertiary/aromatic N) is 4. The fourth-order valence-corrected chi connectivity index (χ4v) is 2.91. The molecule has 0 spiro atoms. The highest BCUT2D eigenvalue weighted by Crippen LogP contribution is 2.43. The first-order chi connectivity index (χ1) is 10.9. The molecule has 2 aromatic heterocycles. The third-order valence-electron chi connectivity index (χ3n) is 3.46. The maximum atomic E-state index is 11.3. The van der Waals surface area contributed by atoms with Gasteiger partial charge in [0.1, 0.15) is 24.2 Å². The summed E-state index contributed by atoms with van der Waals surface area (Å²) in [5.74, 6) is 0. The van der Waals surface area contributed by atoms with Gasteiger partial charge in [-0.3, -0.25) is 13.6 Å². The molecule has 3 rings (SSSR count). The van der Waals surface area contributed by atoms with Gasteiger partial charge >= 0.3 is 7.82 Å². The van der Waals surface area contributed by atoms with E-state index in [1.54, 1.807) is 4.57 Å². The summed E-state index contributed by atoms with van der Waals surface area (Å²) in [5, 5.41) is 10.3. The van der Waals surface area contributed by atoms with Gasteiger partial charge in [0.2, 0.25) is 0 Å². The summed E-state index contributed by atoms with van der Waals surface area (Å²) in [7, 11) is -3.07. The predicted molar refractivity (Wildman–Crippen MR) is 77.7 cm³/mol. The quantitative estimate of drug-likeness (QED) is 0.586. The summed E-state index contributed by atoms with van der Waals surface area (Å²) >= 11 is 5.94. The number of halogens is 1. The van der Waals surface area contributed by atoms with Gasteiger partial charge in [0.05, 0.1) is 19.0 Å². The number of imidazole rings is 1. The van der Waals surface area contributed by atoms with Crippen LogP contribution in [0.2, 0.25) is 5.15 Å². The van der Waals surface area contributed by atoms with Gasteiger partial charge in [-0.05, 0) is 0 Å². The number of ether oxygens (including phenoxy) is 1. The van der Waals surface area contributed by atoms with E-state index in [4.69, 9.17) is 20.9 Å². The lowest BCUT2D eigenvalue weighted by molar-refractivity contribution is -0.0431. The van der Waals surface area contributed by atoms with Crippen molar-refractivity contribution in [2.75, 3.05) is 13.7 Å². The second kappa shape index (κ2) is 6.40. The molecule has 0 amide bonds. The lowest BCUT2D eigenvalue weighted by Crippen LogP contribution is -2.26. The molecular formula is C11H14ClN4O6P. The highest BCUT2D eigenvalue weighted by molar-refractivity contribution is 7.47. The molecule has 23 heavy (non-hydrogen) atoms. The summed E-state index contributed by atoms with van der Waals surface area (Å²) in [4.78, 5) is 21.3. The Morgan fingerprint density at radius 2 is 2.30 bits per heavy atom. The van der Waals surface area contributed by atoms with Crippen molar-refractivity contribution in [3.8, 4) is 0 Å². The Labute approximate surface area is 135 Å². The molecule has 1 aliphatic heterocycles. The Morgan fingerprint density at radius 3 is 3.04 bits per heavy atom. The molecule has 10 nitrogen and oxygen atoms in total. The first kappa shape index (κ1) is 16.7. The van der Waals surface area contributed by atoms with Gasteiger partial charge < -0.3 is 14.7 Å².